The summed E-state index contributed by atoms with van der Waals surface area (Å²) in [6, 6.07) is 3.21. The highest BCUT2D eigenvalue weighted by molar-refractivity contribution is 6.35. The van der Waals surface area contributed by atoms with Gasteiger partial charge in [0.2, 0.25) is 0 Å². The minimum absolute atomic E-state index is 0.269. The second-order valence-corrected chi connectivity index (χ2v) is 4.10. The summed E-state index contributed by atoms with van der Waals surface area (Å²) in [5.41, 5.74) is 0.285. The Balaban J connectivity index is 2.89. The van der Waals surface area contributed by atoms with Crippen molar-refractivity contribution in [3.05, 3.63) is 28.2 Å². The molecule has 1 unspecified atom stereocenters. The lowest BCUT2D eigenvalue weighted by Gasteiger charge is -2.15. The maximum absolute atomic E-state index is 10.8. The first-order valence-corrected chi connectivity index (χ1v) is 5.32. The topological polar surface area (TPSA) is 86.6 Å². The number of hydrogen-bond acceptors (Lipinski definition) is 3. The SMILES string of the molecule is O=C(O)CC(Nc1cc(Cl)ccc1Cl)C(=O)O. The largest absolute Gasteiger partial charge is 0.481 e. The molecule has 0 heterocycles. The Hall–Kier alpha value is -1.46. The lowest BCUT2D eigenvalue weighted by atomic mass is 10.2. The summed E-state index contributed by atoms with van der Waals surface area (Å²) in [6.07, 6.45) is -0.557. The third kappa shape index (κ3) is 4.13. The Kier molecular flexibility index (Phi) is 4.60. The summed E-state index contributed by atoms with van der Waals surface area (Å²) < 4.78 is 0. The maximum Gasteiger partial charge on any atom is 0.326 e. The molecule has 0 spiro atoms. The number of benzene rings is 1. The van der Waals surface area contributed by atoms with Gasteiger partial charge in [-0.2, -0.15) is 0 Å². The number of nitrogens with one attached hydrogen (secondary N) is 1. The Morgan fingerprint density at radius 1 is 1.29 bits per heavy atom. The van der Waals surface area contributed by atoms with Crippen LogP contribution in [0.1, 0.15) is 6.42 Å². The van der Waals surface area contributed by atoms with Crippen molar-refractivity contribution >= 4 is 40.8 Å². The van der Waals surface area contributed by atoms with Gasteiger partial charge < -0.3 is 15.5 Å². The van der Waals surface area contributed by atoms with Crippen molar-refractivity contribution in [1.29, 1.82) is 0 Å². The van der Waals surface area contributed by atoms with Gasteiger partial charge in [0, 0.05) is 5.02 Å². The molecule has 0 aliphatic rings. The van der Waals surface area contributed by atoms with Crippen molar-refractivity contribution in [2.75, 3.05) is 5.32 Å². The van der Waals surface area contributed by atoms with Gasteiger partial charge in [-0.25, -0.2) is 4.79 Å². The average Bonchev–Trinajstić information content (AvgIpc) is 2.21. The van der Waals surface area contributed by atoms with Crippen LogP contribution in [-0.4, -0.2) is 28.2 Å². The van der Waals surface area contributed by atoms with Crippen LogP contribution in [0.15, 0.2) is 18.2 Å². The van der Waals surface area contributed by atoms with Crippen LogP contribution >= 0.6 is 23.2 Å². The molecule has 0 aliphatic carbocycles. The van der Waals surface area contributed by atoms with Gasteiger partial charge in [-0.3, -0.25) is 4.79 Å². The van der Waals surface area contributed by atoms with E-state index in [4.69, 9.17) is 33.4 Å². The van der Waals surface area contributed by atoms with Crippen LogP contribution in [0, 0.1) is 0 Å². The highest BCUT2D eigenvalue weighted by atomic mass is 35.5. The van der Waals surface area contributed by atoms with Crippen molar-refractivity contribution in [3.8, 4) is 0 Å². The number of carbonyl (C=O) groups is 2. The number of halogens is 2. The quantitative estimate of drug-likeness (QED) is 0.769. The highest BCUT2D eigenvalue weighted by Crippen LogP contribution is 2.26. The molecule has 17 heavy (non-hydrogen) atoms. The zero-order valence-electron chi connectivity index (χ0n) is 8.48. The van der Waals surface area contributed by atoms with E-state index in [1.807, 2.05) is 0 Å². The second-order valence-electron chi connectivity index (χ2n) is 3.26. The molecule has 1 atom stereocenters. The van der Waals surface area contributed by atoms with E-state index in [9.17, 15) is 9.59 Å². The summed E-state index contributed by atoms with van der Waals surface area (Å²) >= 11 is 11.5. The molecule has 0 radical (unpaired) electrons. The normalized spacial score (nSPS) is 11.9. The fraction of sp³-hybridized carbons (Fsp3) is 0.200. The van der Waals surface area contributed by atoms with E-state index in [1.165, 1.54) is 12.1 Å². The second kappa shape index (κ2) is 5.75. The molecule has 1 rings (SSSR count). The van der Waals surface area contributed by atoms with Crippen molar-refractivity contribution in [3.63, 3.8) is 0 Å². The van der Waals surface area contributed by atoms with Gasteiger partial charge in [0.25, 0.3) is 0 Å². The fourth-order valence-electron chi connectivity index (χ4n) is 1.17. The minimum Gasteiger partial charge on any atom is -0.481 e. The first kappa shape index (κ1) is 13.6. The van der Waals surface area contributed by atoms with E-state index >= 15 is 0 Å². The van der Waals surface area contributed by atoms with Gasteiger partial charge in [-0.05, 0) is 18.2 Å². The van der Waals surface area contributed by atoms with Crippen molar-refractivity contribution in [2.45, 2.75) is 12.5 Å². The van der Waals surface area contributed by atoms with E-state index in [0.717, 1.165) is 0 Å². The fourth-order valence-corrected chi connectivity index (χ4v) is 1.51. The lowest BCUT2D eigenvalue weighted by molar-refractivity contribution is -0.144. The highest BCUT2D eigenvalue weighted by Gasteiger charge is 2.21. The van der Waals surface area contributed by atoms with Gasteiger partial charge in [0.05, 0.1) is 17.1 Å². The zero-order valence-corrected chi connectivity index (χ0v) is 10.00. The van der Waals surface area contributed by atoms with E-state index in [0.29, 0.717) is 5.02 Å². The summed E-state index contributed by atoms with van der Waals surface area (Å²) in [5, 5.41) is 20.6. The van der Waals surface area contributed by atoms with Crippen LogP contribution in [0.3, 0.4) is 0 Å². The summed E-state index contributed by atoms with van der Waals surface area (Å²) in [7, 11) is 0. The minimum atomic E-state index is -1.27. The molecule has 0 amide bonds. The number of hydrogen-bond donors (Lipinski definition) is 3. The molecule has 0 saturated carbocycles. The maximum atomic E-state index is 10.8. The smallest absolute Gasteiger partial charge is 0.326 e. The molecule has 0 fully saturated rings. The third-order valence-electron chi connectivity index (χ3n) is 1.93. The lowest BCUT2D eigenvalue weighted by Crippen LogP contribution is -2.31. The van der Waals surface area contributed by atoms with E-state index < -0.39 is 24.4 Å². The predicted molar refractivity (Wildman–Crippen MR) is 63.8 cm³/mol. The van der Waals surface area contributed by atoms with Gasteiger partial charge in [0.15, 0.2) is 0 Å². The molecule has 0 aromatic heterocycles. The monoisotopic (exact) mass is 277 g/mol. The standard InChI is InChI=1S/C10H9Cl2NO4/c11-5-1-2-6(12)7(3-5)13-8(10(16)17)4-9(14)15/h1-3,8,13H,4H2,(H,14,15)(H,16,17). The number of carboxylic acids is 2. The van der Waals surface area contributed by atoms with Gasteiger partial charge in [0.1, 0.15) is 6.04 Å². The van der Waals surface area contributed by atoms with Crippen LogP contribution in [0.5, 0.6) is 0 Å². The molecule has 1 aromatic rings. The molecular weight excluding hydrogens is 269 g/mol. The Morgan fingerprint density at radius 2 is 1.94 bits per heavy atom. The number of rotatable bonds is 5. The average molecular weight is 278 g/mol. The van der Waals surface area contributed by atoms with Crippen LogP contribution in [-0.2, 0) is 9.59 Å². The molecule has 7 heteroatoms. The first-order chi connectivity index (χ1) is 7.90. The molecular formula is C10H9Cl2NO4. The molecule has 1 aromatic carbocycles. The van der Waals surface area contributed by atoms with Crippen molar-refractivity contribution in [1.82, 2.24) is 0 Å². The van der Waals surface area contributed by atoms with Gasteiger partial charge in [-0.15, -0.1) is 0 Å². The van der Waals surface area contributed by atoms with Gasteiger partial charge in [-0.1, -0.05) is 23.2 Å². The van der Waals surface area contributed by atoms with E-state index in [2.05, 4.69) is 5.32 Å². The van der Waals surface area contributed by atoms with Crippen LogP contribution in [0.25, 0.3) is 0 Å². The number of anilines is 1. The zero-order chi connectivity index (χ0) is 13.0. The molecule has 0 saturated heterocycles. The Bertz CT molecular complexity index is 450. The Labute approximate surface area is 107 Å². The Morgan fingerprint density at radius 3 is 2.47 bits per heavy atom. The molecule has 92 valence electrons. The summed E-state index contributed by atoms with van der Waals surface area (Å²) in [6.45, 7) is 0. The molecule has 5 nitrogen and oxygen atoms in total. The van der Waals surface area contributed by atoms with Crippen LogP contribution < -0.4 is 5.32 Å². The van der Waals surface area contributed by atoms with Crippen molar-refractivity contribution < 1.29 is 19.8 Å². The first-order valence-electron chi connectivity index (χ1n) is 4.56. The van der Waals surface area contributed by atoms with Crippen molar-refractivity contribution in [2.24, 2.45) is 0 Å². The number of carboxylic acid groups (broad SMARTS) is 2. The van der Waals surface area contributed by atoms with Crippen LogP contribution in [0.4, 0.5) is 5.69 Å². The summed E-state index contributed by atoms with van der Waals surface area (Å²) in [5.74, 6) is -2.49. The molecule has 0 bridgehead atoms. The molecule has 0 aliphatic heterocycles. The molecule has 3 N–H and O–H groups in total. The van der Waals surface area contributed by atoms with E-state index in [-0.39, 0.29) is 10.7 Å². The predicted octanol–water partition coefficient (Wildman–Crippen LogP) is 2.33. The third-order valence-corrected chi connectivity index (χ3v) is 2.50. The number of aliphatic carboxylic acids is 2. The van der Waals surface area contributed by atoms with E-state index in [1.54, 1.807) is 6.07 Å². The van der Waals surface area contributed by atoms with Gasteiger partial charge >= 0.3 is 11.9 Å². The summed E-state index contributed by atoms with van der Waals surface area (Å²) in [4.78, 5) is 21.3. The van der Waals surface area contributed by atoms with Crippen LogP contribution in [0.2, 0.25) is 10.0 Å².